The van der Waals surface area contributed by atoms with Crippen molar-refractivity contribution in [3.8, 4) is 5.75 Å². The van der Waals surface area contributed by atoms with E-state index in [1.807, 2.05) is 0 Å². The predicted molar refractivity (Wildman–Crippen MR) is 66.9 cm³/mol. The molecule has 1 aromatic rings. The van der Waals surface area contributed by atoms with Crippen LogP contribution in [0.1, 0.15) is 6.92 Å². The molecular weight excluding hydrogens is 260 g/mol. The van der Waals surface area contributed by atoms with Gasteiger partial charge in [0, 0.05) is 26.2 Å². The fourth-order valence-electron chi connectivity index (χ4n) is 1.33. The lowest BCUT2D eigenvalue weighted by Crippen LogP contribution is -2.35. The number of amides is 1. The zero-order valence-corrected chi connectivity index (χ0v) is 11.0. The Hall–Kier alpha value is -1.82. The fraction of sp³-hybridized carbons (Fsp3) is 0.364. The van der Waals surface area contributed by atoms with Crippen molar-refractivity contribution in [1.29, 1.82) is 0 Å². The lowest BCUT2D eigenvalue weighted by atomic mass is 10.3. The molecule has 0 aromatic heterocycles. The minimum Gasteiger partial charge on any atom is -0.481 e. The lowest BCUT2D eigenvalue weighted by molar-refractivity contribution is -0.384. The van der Waals surface area contributed by atoms with Gasteiger partial charge in [0.2, 0.25) is 0 Å². The summed E-state index contributed by atoms with van der Waals surface area (Å²) >= 11 is 5.73. The molecule has 1 aromatic carbocycles. The summed E-state index contributed by atoms with van der Waals surface area (Å²) in [5.74, 6) is 0.109. The Morgan fingerprint density at radius 3 is 2.56 bits per heavy atom. The summed E-state index contributed by atoms with van der Waals surface area (Å²) in [5.41, 5.74) is -0.199. The summed E-state index contributed by atoms with van der Waals surface area (Å²) in [5, 5.41) is 10.5. The summed E-state index contributed by atoms with van der Waals surface area (Å²) in [7, 11) is 3.23. The van der Waals surface area contributed by atoms with Gasteiger partial charge in [-0.2, -0.15) is 0 Å². The Balaban J connectivity index is 2.84. The predicted octanol–water partition coefficient (Wildman–Crippen LogP) is 2.10. The SMILES string of the molecule is CC(Oc1ccc([N+](=O)[O-])c(Cl)c1)C(=O)N(C)C. The maximum Gasteiger partial charge on any atom is 0.288 e. The van der Waals surface area contributed by atoms with Crippen molar-refractivity contribution in [2.75, 3.05) is 14.1 Å². The van der Waals surface area contributed by atoms with Crippen LogP contribution >= 0.6 is 11.6 Å². The van der Waals surface area contributed by atoms with Crippen molar-refractivity contribution in [3.05, 3.63) is 33.3 Å². The maximum absolute atomic E-state index is 11.6. The number of rotatable bonds is 4. The number of hydrogen-bond donors (Lipinski definition) is 0. The van der Waals surface area contributed by atoms with Crippen LogP contribution in [0.4, 0.5) is 5.69 Å². The Kier molecular flexibility index (Phi) is 4.49. The number of nitro benzene ring substituents is 1. The molecule has 0 aliphatic heterocycles. The molecule has 0 N–H and O–H groups in total. The van der Waals surface area contributed by atoms with Crippen molar-refractivity contribution < 1.29 is 14.5 Å². The smallest absolute Gasteiger partial charge is 0.288 e. The number of benzene rings is 1. The molecule has 0 saturated heterocycles. The van der Waals surface area contributed by atoms with Gasteiger partial charge in [-0.1, -0.05) is 11.6 Å². The molecule has 6 nitrogen and oxygen atoms in total. The topological polar surface area (TPSA) is 72.7 Å². The highest BCUT2D eigenvalue weighted by atomic mass is 35.5. The van der Waals surface area contributed by atoms with Gasteiger partial charge in [-0.3, -0.25) is 14.9 Å². The molecule has 0 heterocycles. The van der Waals surface area contributed by atoms with Gasteiger partial charge < -0.3 is 9.64 Å². The number of nitrogens with zero attached hydrogens (tertiary/aromatic N) is 2. The molecule has 18 heavy (non-hydrogen) atoms. The molecular formula is C11H13ClN2O4. The van der Waals surface area contributed by atoms with Crippen LogP contribution in [0.15, 0.2) is 18.2 Å². The van der Waals surface area contributed by atoms with Crippen LogP contribution in [0.2, 0.25) is 5.02 Å². The third kappa shape index (κ3) is 3.33. The molecule has 0 fully saturated rings. The summed E-state index contributed by atoms with van der Waals surface area (Å²) in [4.78, 5) is 23.0. The van der Waals surface area contributed by atoms with Crippen LogP contribution in [0.25, 0.3) is 0 Å². The van der Waals surface area contributed by atoms with Crippen LogP contribution in [0.3, 0.4) is 0 Å². The van der Waals surface area contributed by atoms with Crippen LogP contribution < -0.4 is 4.74 Å². The van der Waals surface area contributed by atoms with E-state index in [0.29, 0.717) is 5.75 Å². The molecule has 98 valence electrons. The van der Waals surface area contributed by atoms with Gasteiger partial charge in [-0.15, -0.1) is 0 Å². The molecule has 1 amide bonds. The van der Waals surface area contributed by atoms with E-state index in [2.05, 4.69) is 0 Å². The normalized spacial score (nSPS) is 11.8. The first kappa shape index (κ1) is 14.2. The summed E-state index contributed by atoms with van der Waals surface area (Å²) < 4.78 is 5.35. The largest absolute Gasteiger partial charge is 0.481 e. The molecule has 7 heteroatoms. The van der Waals surface area contributed by atoms with Crippen molar-refractivity contribution in [2.24, 2.45) is 0 Å². The van der Waals surface area contributed by atoms with E-state index >= 15 is 0 Å². The third-order valence-corrected chi connectivity index (χ3v) is 2.52. The number of hydrogen-bond acceptors (Lipinski definition) is 4. The molecule has 1 atom stereocenters. The number of carbonyl (C=O) groups is 1. The first-order valence-corrected chi connectivity index (χ1v) is 5.52. The number of nitro groups is 1. The second kappa shape index (κ2) is 5.68. The minimum absolute atomic E-state index is 0.0259. The van der Waals surface area contributed by atoms with E-state index in [0.717, 1.165) is 0 Å². The van der Waals surface area contributed by atoms with Gasteiger partial charge in [-0.05, 0) is 13.0 Å². The van der Waals surface area contributed by atoms with Crippen LogP contribution in [0, 0.1) is 10.1 Å². The molecule has 0 aliphatic rings. The van der Waals surface area contributed by atoms with E-state index in [1.54, 1.807) is 21.0 Å². The fourth-order valence-corrected chi connectivity index (χ4v) is 1.57. The molecule has 0 bridgehead atoms. The number of carbonyl (C=O) groups excluding carboxylic acids is 1. The van der Waals surface area contributed by atoms with Crippen LogP contribution in [-0.4, -0.2) is 35.9 Å². The minimum atomic E-state index is -0.683. The van der Waals surface area contributed by atoms with Crippen molar-refractivity contribution >= 4 is 23.2 Å². The highest BCUT2D eigenvalue weighted by Crippen LogP contribution is 2.28. The van der Waals surface area contributed by atoms with Crippen LogP contribution in [-0.2, 0) is 4.79 Å². The average Bonchev–Trinajstić information content (AvgIpc) is 2.27. The van der Waals surface area contributed by atoms with Crippen molar-refractivity contribution in [2.45, 2.75) is 13.0 Å². The van der Waals surface area contributed by atoms with E-state index in [-0.39, 0.29) is 16.6 Å². The first-order valence-electron chi connectivity index (χ1n) is 5.14. The zero-order valence-electron chi connectivity index (χ0n) is 10.2. The number of halogens is 1. The zero-order chi connectivity index (χ0) is 13.9. The van der Waals surface area contributed by atoms with E-state index in [9.17, 15) is 14.9 Å². The molecule has 0 spiro atoms. The van der Waals surface area contributed by atoms with Gasteiger partial charge in [0.1, 0.15) is 10.8 Å². The molecule has 0 aliphatic carbocycles. The average molecular weight is 273 g/mol. The second-order valence-corrected chi connectivity index (χ2v) is 4.27. The van der Waals surface area contributed by atoms with Gasteiger partial charge in [0.05, 0.1) is 4.92 Å². The van der Waals surface area contributed by atoms with E-state index < -0.39 is 11.0 Å². The molecule has 0 radical (unpaired) electrons. The Labute approximate surface area is 109 Å². The molecule has 1 rings (SSSR count). The number of likely N-dealkylation sites (N-methyl/N-ethyl adjacent to an activating group) is 1. The second-order valence-electron chi connectivity index (χ2n) is 3.86. The summed E-state index contributed by atoms with van der Waals surface area (Å²) in [6, 6.07) is 3.97. The standard InChI is InChI=1S/C11H13ClN2O4/c1-7(11(15)13(2)3)18-8-4-5-10(14(16)17)9(12)6-8/h4-7H,1-3H3. The van der Waals surface area contributed by atoms with Crippen molar-refractivity contribution in [1.82, 2.24) is 4.90 Å². The monoisotopic (exact) mass is 272 g/mol. The van der Waals surface area contributed by atoms with Crippen LogP contribution in [0.5, 0.6) is 5.75 Å². The summed E-state index contributed by atoms with van der Waals surface area (Å²) in [6.45, 7) is 1.59. The Morgan fingerprint density at radius 1 is 1.50 bits per heavy atom. The van der Waals surface area contributed by atoms with E-state index in [4.69, 9.17) is 16.3 Å². The lowest BCUT2D eigenvalue weighted by Gasteiger charge is -2.18. The van der Waals surface area contributed by atoms with Gasteiger partial charge in [-0.25, -0.2) is 0 Å². The Bertz CT molecular complexity index is 476. The highest BCUT2D eigenvalue weighted by molar-refractivity contribution is 6.32. The van der Waals surface area contributed by atoms with Gasteiger partial charge >= 0.3 is 0 Å². The summed E-state index contributed by atoms with van der Waals surface area (Å²) in [6.07, 6.45) is -0.683. The van der Waals surface area contributed by atoms with Gasteiger partial charge in [0.15, 0.2) is 6.10 Å². The molecule has 0 saturated carbocycles. The van der Waals surface area contributed by atoms with Crippen molar-refractivity contribution in [3.63, 3.8) is 0 Å². The molecule has 1 unspecified atom stereocenters. The first-order chi connectivity index (χ1) is 8.32. The van der Waals surface area contributed by atoms with E-state index in [1.165, 1.54) is 23.1 Å². The van der Waals surface area contributed by atoms with Gasteiger partial charge in [0.25, 0.3) is 11.6 Å². The Morgan fingerprint density at radius 2 is 2.11 bits per heavy atom. The maximum atomic E-state index is 11.6. The quantitative estimate of drug-likeness (QED) is 0.621. The highest BCUT2D eigenvalue weighted by Gasteiger charge is 2.18. The number of ether oxygens (including phenoxy) is 1. The third-order valence-electron chi connectivity index (χ3n) is 2.22.